The molecule has 1 saturated carbocycles. The molecule has 1 aromatic heterocycles. The molecule has 0 saturated heterocycles. The minimum absolute atomic E-state index is 0.0697. The van der Waals surface area contributed by atoms with Crippen molar-refractivity contribution in [3.63, 3.8) is 0 Å². The molecule has 3 aromatic rings. The molecule has 29 heavy (non-hydrogen) atoms. The Hall–Kier alpha value is -2.59. The first-order valence-corrected chi connectivity index (χ1v) is 10.5. The number of amides is 1. The summed E-state index contributed by atoms with van der Waals surface area (Å²) in [5.74, 6) is -0.384. The van der Waals surface area contributed by atoms with E-state index in [2.05, 4.69) is 5.32 Å². The van der Waals surface area contributed by atoms with Crippen LogP contribution in [0.25, 0.3) is 16.9 Å². The van der Waals surface area contributed by atoms with Gasteiger partial charge in [-0.2, -0.15) is 0 Å². The highest BCUT2D eigenvalue weighted by atomic mass is 35.5. The van der Waals surface area contributed by atoms with Crippen molar-refractivity contribution >= 4 is 17.5 Å². The fraction of sp³-hybridized carbons (Fsp3) is 0.292. The van der Waals surface area contributed by atoms with E-state index in [1.54, 1.807) is 6.07 Å². The Kier molecular flexibility index (Phi) is 5.72. The molecule has 1 aliphatic rings. The van der Waals surface area contributed by atoms with Crippen LogP contribution in [0.2, 0.25) is 5.02 Å². The topological polar surface area (TPSA) is 34.0 Å². The minimum Gasteiger partial charge on any atom is -0.349 e. The van der Waals surface area contributed by atoms with Gasteiger partial charge >= 0.3 is 0 Å². The number of benzene rings is 2. The highest BCUT2D eigenvalue weighted by Gasteiger charge is 2.22. The molecule has 1 heterocycles. The maximum atomic E-state index is 13.9. The quantitative estimate of drug-likeness (QED) is 0.537. The standard InChI is InChI=1S/C24H24ClFN2O/c1-16-22(24(29)27-20-7-3-2-4-8-20)15-23(17-10-12-18(25)13-11-17)28(16)21-9-5-6-19(26)14-21/h5-6,9-15,20H,2-4,7-8H2,1H3,(H,27,29). The van der Waals surface area contributed by atoms with Gasteiger partial charge in [-0.25, -0.2) is 4.39 Å². The van der Waals surface area contributed by atoms with E-state index in [-0.39, 0.29) is 17.8 Å². The second-order valence-corrected chi connectivity index (χ2v) is 8.10. The van der Waals surface area contributed by atoms with E-state index in [9.17, 15) is 9.18 Å². The minimum atomic E-state index is -0.314. The first kappa shape index (κ1) is 19.7. The third-order valence-corrected chi connectivity index (χ3v) is 5.89. The molecule has 150 valence electrons. The summed E-state index contributed by atoms with van der Waals surface area (Å²) >= 11 is 6.05. The third kappa shape index (κ3) is 4.23. The normalized spacial score (nSPS) is 14.7. The van der Waals surface area contributed by atoms with Gasteiger partial charge in [-0.15, -0.1) is 0 Å². The summed E-state index contributed by atoms with van der Waals surface area (Å²) in [6.45, 7) is 1.90. The lowest BCUT2D eigenvalue weighted by molar-refractivity contribution is 0.0927. The average molecular weight is 411 g/mol. The van der Waals surface area contributed by atoms with Crippen LogP contribution in [0.4, 0.5) is 4.39 Å². The Morgan fingerprint density at radius 2 is 1.79 bits per heavy atom. The monoisotopic (exact) mass is 410 g/mol. The zero-order chi connectivity index (χ0) is 20.4. The van der Waals surface area contributed by atoms with E-state index in [0.29, 0.717) is 16.3 Å². The SMILES string of the molecule is Cc1c(C(=O)NC2CCCCC2)cc(-c2ccc(Cl)cc2)n1-c1cccc(F)c1. The van der Waals surface area contributed by atoms with Gasteiger partial charge in [-0.3, -0.25) is 4.79 Å². The van der Waals surface area contributed by atoms with E-state index in [0.717, 1.165) is 42.6 Å². The van der Waals surface area contributed by atoms with Crippen molar-refractivity contribution in [3.8, 4) is 16.9 Å². The number of nitrogens with zero attached hydrogens (tertiary/aromatic N) is 1. The third-order valence-electron chi connectivity index (χ3n) is 5.64. The van der Waals surface area contributed by atoms with Crippen LogP contribution in [0.1, 0.15) is 48.2 Å². The van der Waals surface area contributed by atoms with Crippen LogP contribution in [-0.4, -0.2) is 16.5 Å². The summed E-state index contributed by atoms with van der Waals surface area (Å²) in [6, 6.07) is 16.0. The number of rotatable bonds is 4. The second-order valence-electron chi connectivity index (χ2n) is 7.66. The number of nitrogens with one attached hydrogen (secondary N) is 1. The molecule has 3 nitrogen and oxygen atoms in total. The molecule has 0 aliphatic heterocycles. The van der Waals surface area contributed by atoms with Gasteiger partial charge in [-0.1, -0.05) is 49.1 Å². The van der Waals surface area contributed by atoms with Crippen molar-refractivity contribution in [2.24, 2.45) is 0 Å². The van der Waals surface area contributed by atoms with Gasteiger partial charge in [0.2, 0.25) is 0 Å². The van der Waals surface area contributed by atoms with Crippen molar-refractivity contribution in [2.45, 2.75) is 45.1 Å². The number of hydrogen-bond acceptors (Lipinski definition) is 1. The Bertz CT molecular complexity index is 1020. The Labute approximate surface area is 175 Å². The Morgan fingerprint density at radius 1 is 1.07 bits per heavy atom. The number of carbonyl (C=O) groups is 1. The lowest BCUT2D eigenvalue weighted by Gasteiger charge is -2.22. The number of aromatic nitrogens is 1. The van der Waals surface area contributed by atoms with E-state index >= 15 is 0 Å². The van der Waals surface area contributed by atoms with E-state index in [1.165, 1.54) is 18.6 Å². The van der Waals surface area contributed by atoms with E-state index in [1.807, 2.05) is 47.9 Å². The fourth-order valence-electron chi connectivity index (χ4n) is 4.13. The van der Waals surface area contributed by atoms with Crippen LogP contribution in [0.5, 0.6) is 0 Å². The Morgan fingerprint density at radius 3 is 2.48 bits per heavy atom. The van der Waals surface area contributed by atoms with Gasteiger partial charge in [0.05, 0.1) is 11.3 Å². The maximum absolute atomic E-state index is 13.9. The van der Waals surface area contributed by atoms with Crippen LogP contribution in [0, 0.1) is 12.7 Å². The van der Waals surface area contributed by atoms with Gasteiger partial charge in [0.1, 0.15) is 5.82 Å². The summed E-state index contributed by atoms with van der Waals surface area (Å²) in [6.07, 6.45) is 5.61. The molecule has 5 heteroatoms. The van der Waals surface area contributed by atoms with Crippen LogP contribution in [0.3, 0.4) is 0 Å². The van der Waals surface area contributed by atoms with Gasteiger partial charge in [0.15, 0.2) is 0 Å². The lowest BCUT2D eigenvalue weighted by Crippen LogP contribution is -2.36. The maximum Gasteiger partial charge on any atom is 0.253 e. The summed E-state index contributed by atoms with van der Waals surface area (Å²) < 4.78 is 15.9. The summed E-state index contributed by atoms with van der Waals surface area (Å²) in [5.41, 5.74) is 3.83. The summed E-state index contributed by atoms with van der Waals surface area (Å²) in [5, 5.41) is 3.84. The smallest absolute Gasteiger partial charge is 0.253 e. The molecule has 0 bridgehead atoms. The molecule has 1 fully saturated rings. The molecular weight excluding hydrogens is 387 g/mol. The summed E-state index contributed by atoms with van der Waals surface area (Å²) in [7, 11) is 0. The first-order valence-electron chi connectivity index (χ1n) is 10.1. The molecule has 1 amide bonds. The van der Waals surface area contributed by atoms with Crippen molar-refractivity contribution in [1.29, 1.82) is 0 Å². The molecule has 0 atom stereocenters. The Balaban J connectivity index is 1.77. The molecular formula is C24H24ClFN2O. The predicted molar refractivity (Wildman–Crippen MR) is 115 cm³/mol. The van der Waals surface area contributed by atoms with Crippen LogP contribution < -0.4 is 5.32 Å². The number of carbonyl (C=O) groups excluding carboxylic acids is 1. The molecule has 1 aliphatic carbocycles. The van der Waals surface area contributed by atoms with Gasteiger partial charge < -0.3 is 9.88 Å². The van der Waals surface area contributed by atoms with Crippen LogP contribution in [0.15, 0.2) is 54.6 Å². The lowest BCUT2D eigenvalue weighted by atomic mass is 9.95. The largest absolute Gasteiger partial charge is 0.349 e. The highest BCUT2D eigenvalue weighted by molar-refractivity contribution is 6.30. The van der Waals surface area contributed by atoms with Gasteiger partial charge in [0.25, 0.3) is 5.91 Å². The zero-order valence-electron chi connectivity index (χ0n) is 16.4. The zero-order valence-corrected chi connectivity index (χ0v) is 17.2. The molecule has 2 aromatic carbocycles. The first-order chi connectivity index (χ1) is 14.0. The molecule has 1 N–H and O–H groups in total. The number of halogens is 2. The molecule has 0 radical (unpaired) electrons. The average Bonchev–Trinajstić information content (AvgIpc) is 3.06. The van der Waals surface area contributed by atoms with Crippen LogP contribution >= 0.6 is 11.6 Å². The van der Waals surface area contributed by atoms with Gasteiger partial charge in [0, 0.05) is 22.4 Å². The molecule has 0 spiro atoms. The number of hydrogen-bond donors (Lipinski definition) is 1. The predicted octanol–water partition coefficient (Wildman–Crippen LogP) is 6.31. The highest BCUT2D eigenvalue weighted by Crippen LogP contribution is 2.31. The van der Waals surface area contributed by atoms with Crippen molar-refractivity contribution in [2.75, 3.05) is 0 Å². The van der Waals surface area contributed by atoms with E-state index < -0.39 is 0 Å². The molecule has 4 rings (SSSR count). The van der Waals surface area contributed by atoms with E-state index in [4.69, 9.17) is 11.6 Å². The van der Waals surface area contributed by atoms with Gasteiger partial charge in [-0.05, 0) is 61.7 Å². The molecule has 0 unspecified atom stereocenters. The fourth-order valence-corrected chi connectivity index (χ4v) is 4.25. The van der Waals surface area contributed by atoms with Crippen molar-refractivity contribution in [3.05, 3.63) is 76.7 Å². The van der Waals surface area contributed by atoms with Crippen LogP contribution in [-0.2, 0) is 0 Å². The summed E-state index contributed by atoms with van der Waals surface area (Å²) in [4.78, 5) is 13.1. The van der Waals surface area contributed by atoms with Crippen molar-refractivity contribution in [1.82, 2.24) is 9.88 Å². The second kappa shape index (κ2) is 8.42. The van der Waals surface area contributed by atoms with Crippen molar-refractivity contribution < 1.29 is 9.18 Å².